The average molecular weight is 242 g/mol. The molecule has 0 aromatic carbocycles. The number of nitrogens with zero attached hydrogens (tertiary/aromatic N) is 1. The number of β-amino-alcohol motifs (C(OH)–C–C–N with tert-alkyl or cyclic N) is 1. The van der Waals surface area contributed by atoms with Crippen molar-refractivity contribution in [2.75, 3.05) is 32.7 Å². The van der Waals surface area contributed by atoms with Gasteiger partial charge in [0.25, 0.3) is 0 Å². The topological polar surface area (TPSA) is 35.5 Å². The molecule has 3 heteroatoms. The summed E-state index contributed by atoms with van der Waals surface area (Å²) in [6.07, 6.45) is 3.52. The van der Waals surface area contributed by atoms with Crippen LogP contribution in [0.25, 0.3) is 0 Å². The molecule has 1 heterocycles. The van der Waals surface area contributed by atoms with Crippen LogP contribution >= 0.6 is 0 Å². The third-order valence-corrected chi connectivity index (χ3v) is 3.85. The van der Waals surface area contributed by atoms with Crippen molar-refractivity contribution in [3.63, 3.8) is 0 Å². The molecule has 0 aliphatic carbocycles. The van der Waals surface area contributed by atoms with Crippen LogP contribution in [0.1, 0.15) is 40.0 Å². The summed E-state index contributed by atoms with van der Waals surface area (Å²) in [5.74, 6) is 1.70. The molecule has 0 saturated carbocycles. The number of nitrogens with one attached hydrogen (secondary N) is 1. The van der Waals surface area contributed by atoms with E-state index in [9.17, 15) is 5.11 Å². The maximum atomic E-state index is 9.90. The average Bonchev–Trinajstić information content (AvgIpc) is 2.30. The van der Waals surface area contributed by atoms with Gasteiger partial charge in [-0.25, -0.2) is 0 Å². The minimum atomic E-state index is -0.211. The molecule has 1 rings (SSSR count). The van der Waals surface area contributed by atoms with Gasteiger partial charge < -0.3 is 15.3 Å². The second kappa shape index (κ2) is 8.06. The second-order valence-electron chi connectivity index (χ2n) is 5.74. The number of hydrogen-bond donors (Lipinski definition) is 2. The Kier molecular flexibility index (Phi) is 7.09. The molecule has 0 aromatic rings. The van der Waals surface area contributed by atoms with Crippen LogP contribution in [-0.2, 0) is 0 Å². The summed E-state index contributed by atoms with van der Waals surface area (Å²) in [7, 11) is 0. The van der Waals surface area contributed by atoms with E-state index in [4.69, 9.17) is 0 Å². The van der Waals surface area contributed by atoms with Gasteiger partial charge in [-0.2, -0.15) is 0 Å². The smallest absolute Gasteiger partial charge is 0.0791 e. The molecule has 0 radical (unpaired) electrons. The molecule has 0 spiro atoms. The van der Waals surface area contributed by atoms with E-state index in [-0.39, 0.29) is 6.10 Å². The third-order valence-electron chi connectivity index (χ3n) is 3.85. The molecule has 1 saturated heterocycles. The minimum Gasteiger partial charge on any atom is -0.390 e. The Morgan fingerprint density at radius 1 is 1.29 bits per heavy atom. The minimum absolute atomic E-state index is 0.211. The van der Waals surface area contributed by atoms with Crippen LogP contribution in [0.15, 0.2) is 0 Å². The van der Waals surface area contributed by atoms with E-state index in [1.165, 1.54) is 12.8 Å². The summed E-state index contributed by atoms with van der Waals surface area (Å²) in [5.41, 5.74) is 0. The van der Waals surface area contributed by atoms with Crippen molar-refractivity contribution >= 4 is 0 Å². The van der Waals surface area contributed by atoms with E-state index in [1.807, 2.05) is 0 Å². The first kappa shape index (κ1) is 14.9. The standard InChI is InChI=1S/C14H30N2O/c1-4-7-15-10-14(17)11-16-8-5-13(6-9-16)12(2)3/h12-15,17H,4-11H2,1-3H3. The lowest BCUT2D eigenvalue weighted by atomic mass is 9.86. The van der Waals surface area contributed by atoms with Crippen molar-refractivity contribution in [2.24, 2.45) is 11.8 Å². The Balaban J connectivity index is 2.12. The zero-order chi connectivity index (χ0) is 12.7. The predicted octanol–water partition coefficient (Wildman–Crippen LogP) is 1.71. The molecule has 1 atom stereocenters. The second-order valence-corrected chi connectivity index (χ2v) is 5.74. The molecule has 17 heavy (non-hydrogen) atoms. The molecule has 3 nitrogen and oxygen atoms in total. The highest BCUT2D eigenvalue weighted by Crippen LogP contribution is 2.24. The fraction of sp³-hybridized carbons (Fsp3) is 1.00. The third kappa shape index (κ3) is 5.84. The van der Waals surface area contributed by atoms with Crippen molar-refractivity contribution in [3.05, 3.63) is 0 Å². The van der Waals surface area contributed by atoms with E-state index in [1.54, 1.807) is 0 Å². The predicted molar refractivity (Wildman–Crippen MR) is 73.2 cm³/mol. The van der Waals surface area contributed by atoms with Crippen LogP contribution in [0, 0.1) is 11.8 Å². The molecule has 102 valence electrons. The molecule has 1 aliphatic heterocycles. The lowest BCUT2D eigenvalue weighted by molar-refractivity contribution is 0.0816. The summed E-state index contributed by atoms with van der Waals surface area (Å²) in [6, 6.07) is 0. The number of aliphatic hydroxyl groups excluding tert-OH is 1. The van der Waals surface area contributed by atoms with E-state index < -0.39 is 0 Å². The Morgan fingerprint density at radius 3 is 2.47 bits per heavy atom. The summed E-state index contributed by atoms with van der Waals surface area (Å²) in [4.78, 5) is 2.41. The van der Waals surface area contributed by atoms with E-state index in [0.717, 1.165) is 51.0 Å². The summed E-state index contributed by atoms with van der Waals surface area (Å²) >= 11 is 0. The van der Waals surface area contributed by atoms with E-state index in [2.05, 4.69) is 31.0 Å². The van der Waals surface area contributed by atoms with Crippen LogP contribution in [0.3, 0.4) is 0 Å². The zero-order valence-electron chi connectivity index (χ0n) is 11.8. The van der Waals surface area contributed by atoms with Crippen molar-refractivity contribution in [1.29, 1.82) is 0 Å². The summed E-state index contributed by atoms with van der Waals surface area (Å²) in [6.45, 7) is 11.7. The van der Waals surface area contributed by atoms with Gasteiger partial charge in [0.15, 0.2) is 0 Å². The SMILES string of the molecule is CCCNCC(O)CN1CCC(C(C)C)CC1. The molecular formula is C14H30N2O. The molecular weight excluding hydrogens is 212 g/mol. The van der Waals surface area contributed by atoms with Crippen LogP contribution in [0.2, 0.25) is 0 Å². The fourth-order valence-corrected chi connectivity index (χ4v) is 2.61. The van der Waals surface area contributed by atoms with Crippen LogP contribution in [0.5, 0.6) is 0 Å². The van der Waals surface area contributed by atoms with Gasteiger partial charge in [-0.05, 0) is 50.7 Å². The lowest BCUT2D eigenvalue weighted by Crippen LogP contribution is -2.42. The lowest BCUT2D eigenvalue weighted by Gasteiger charge is -2.34. The normalized spacial score (nSPS) is 21.0. The van der Waals surface area contributed by atoms with Gasteiger partial charge in [-0.3, -0.25) is 0 Å². The van der Waals surface area contributed by atoms with E-state index in [0.29, 0.717) is 0 Å². The van der Waals surface area contributed by atoms with Crippen molar-refractivity contribution in [3.8, 4) is 0 Å². The first-order chi connectivity index (χ1) is 8.13. The van der Waals surface area contributed by atoms with Gasteiger partial charge in [0.2, 0.25) is 0 Å². The largest absolute Gasteiger partial charge is 0.390 e. The first-order valence-electron chi connectivity index (χ1n) is 7.24. The zero-order valence-corrected chi connectivity index (χ0v) is 11.8. The maximum Gasteiger partial charge on any atom is 0.0791 e. The van der Waals surface area contributed by atoms with Crippen molar-refractivity contribution < 1.29 is 5.11 Å². The van der Waals surface area contributed by atoms with Gasteiger partial charge >= 0.3 is 0 Å². The molecule has 1 fully saturated rings. The Bertz CT molecular complexity index is 189. The van der Waals surface area contributed by atoms with Gasteiger partial charge in [-0.15, -0.1) is 0 Å². The number of piperidine rings is 1. The molecule has 1 aliphatic rings. The highest BCUT2D eigenvalue weighted by atomic mass is 16.3. The molecule has 2 N–H and O–H groups in total. The Hall–Kier alpha value is -0.120. The van der Waals surface area contributed by atoms with Gasteiger partial charge in [0.1, 0.15) is 0 Å². The number of rotatable bonds is 7. The maximum absolute atomic E-state index is 9.90. The van der Waals surface area contributed by atoms with Crippen LogP contribution < -0.4 is 5.32 Å². The number of likely N-dealkylation sites (tertiary alicyclic amines) is 1. The van der Waals surface area contributed by atoms with Crippen LogP contribution in [-0.4, -0.2) is 48.8 Å². The molecule has 0 amide bonds. The Labute approximate surface area is 107 Å². The summed E-state index contributed by atoms with van der Waals surface area (Å²) < 4.78 is 0. The monoisotopic (exact) mass is 242 g/mol. The Morgan fingerprint density at radius 2 is 1.94 bits per heavy atom. The van der Waals surface area contributed by atoms with Gasteiger partial charge in [0.05, 0.1) is 6.10 Å². The molecule has 1 unspecified atom stereocenters. The highest BCUT2D eigenvalue weighted by Gasteiger charge is 2.22. The van der Waals surface area contributed by atoms with Crippen LogP contribution in [0.4, 0.5) is 0 Å². The molecule has 0 bridgehead atoms. The van der Waals surface area contributed by atoms with Gasteiger partial charge in [-0.1, -0.05) is 20.8 Å². The van der Waals surface area contributed by atoms with Crippen molar-refractivity contribution in [1.82, 2.24) is 10.2 Å². The van der Waals surface area contributed by atoms with E-state index >= 15 is 0 Å². The van der Waals surface area contributed by atoms with Gasteiger partial charge in [0, 0.05) is 13.1 Å². The fourth-order valence-electron chi connectivity index (χ4n) is 2.61. The quantitative estimate of drug-likeness (QED) is 0.667. The van der Waals surface area contributed by atoms with Crippen molar-refractivity contribution in [2.45, 2.75) is 46.1 Å². The first-order valence-corrected chi connectivity index (χ1v) is 7.24. The summed E-state index contributed by atoms with van der Waals surface area (Å²) in [5, 5.41) is 13.2. The number of aliphatic hydroxyl groups is 1. The molecule has 0 aromatic heterocycles. The highest BCUT2D eigenvalue weighted by molar-refractivity contribution is 4.76. The number of hydrogen-bond acceptors (Lipinski definition) is 3.